The van der Waals surface area contributed by atoms with Gasteiger partial charge in [-0.1, -0.05) is 13.3 Å². The van der Waals surface area contributed by atoms with Crippen LogP contribution < -0.4 is 0 Å². The summed E-state index contributed by atoms with van der Waals surface area (Å²) < 4.78 is 0. The van der Waals surface area contributed by atoms with Gasteiger partial charge in [0.05, 0.1) is 0 Å². The maximum Gasteiger partial charge on any atom is 0.133 e. The monoisotopic (exact) mass is 260 g/mol. The van der Waals surface area contributed by atoms with Crippen LogP contribution in [0.15, 0.2) is 0 Å². The number of fused-ring (bicyclic) bond motifs is 5. The van der Waals surface area contributed by atoms with Crippen LogP contribution >= 0.6 is 0 Å². The zero-order valence-corrected chi connectivity index (χ0v) is 12.4. The third kappa shape index (κ3) is 1.83. The first-order valence-electron chi connectivity index (χ1n) is 8.69. The van der Waals surface area contributed by atoms with Crippen molar-refractivity contribution in [1.29, 1.82) is 0 Å². The Hall–Kier alpha value is -0.330. The molecule has 106 valence electrons. The largest absolute Gasteiger partial charge is 0.300 e. The van der Waals surface area contributed by atoms with E-state index in [1.807, 2.05) is 0 Å². The van der Waals surface area contributed by atoms with Gasteiger partial charge in [-0.25, -0.2) is 0 Å². The van der Waals surface area contributed by atoms with Crippen LogP contribution in [-0.4, -0.2) is 5.78 Å². The molecule has 0 bridgehead atoms. The lowest BCUT2D eigenvalue weighted by Gasteiger charge is -2.54. The van der Waals surface area contributed by atoms with E-state index in [1.165, 1.54) is 51.4 Å². The normalized spacial score (nSPS) is 53.3. The molecule has 0 unspecified atom stereocenters. The first-order valence-corrected chi connectivity index (χ1v) is 8.69. The van der Waals surface area contributed by atoms with E-state index in [0.717, 1.165) is 42.4 Å². The van der Waals surface area contributed by atoms with Gasteiger partial charge in [-0.05, 0) is 80.0 Å². The molecule has 0 saturated heterocycles. The first-order chi connectivity index (χ1) is 9.17. The smallest absolute Gasteiger partial charge is 0.133 e. The molecule has 4 aliphatic rings. The van der Waals surface area contributed by atoms with Crippen LogP contribution in [0.1, 0.15) is 71.1 Å². The van der Waals surface area contributed by atoms with Gasteiger partial charge in [0.1, 0.15) is 5.78 Å². The molecule has 0 amide bonds. The van der Waals surface area contributed by atoms with Crippen molar-refractivity contribution >= 4 is 5.78 Å². The molecule has 0 aromatic carbocycles. The zero-order valence-electron chi connectivity index (χ0n) is 12.4. The van der Waals surface area contributed by atoms with Crippen molar-refractivity contribution in [3.63, 3.8) is 0 Å². The van der Waals surface area contributed by atoms with Crippen LogP contribution in [0.5, 0.6) is 0 Å². The molecule has 0 aliphatic heterocycles. The molecule has 0 spiro atoms. The van der Waals surface area contributed by atoms with Gasteiger partial charge in [0.15, 0.2) is 0 Å². The Labute approximate surface area is 117 Å². The molecule has 6 atom stereocenters. The predicted octanol–water partition coefficient (Wildman–Crippen LogP) is 4.60. The van der Waals surface area contributed by atoms with Crippen molar-refractivity contribution in [1.82, 2.24) is 0 Å². The van der Waals surface area contributed by atoms with Crippen molar-refractivity contribution in [3.8, 4) is 0 Å². The average Bonchev–Trinajstić information content (AvgIpc) is 2.79. The van der Waals surface area contributed by atoms with Crippen LogP contribution in [0.25, 0.3) is 0 Å². The number of ketones is 1. The van der Waals surface area contributed by atoms with E-state index in [2.05, 4.69) is 6.92 Å². The third-order valence-corrected chi connectivity index (χ3v) is 7.55. The van der Waals surface area contributed by atoms with Crippen molar-refractivity contribution in [3.05, 3.63) is 0 Å². The van der Waals surface area contributed by atoms with E-state index in [9.17, 15) is 4.79 Å². The number of hydrogen-bond acceptors (Lipinski definition) is 1. The molecular formula is C18H28O. The van der Waals surface area contributed by atoms with Crippen molar-refractivity contribution < 1.29 is 4.79 Å². The van der Waals surface area contributed by atoms with Gasteiger partial charge in [0.2, 0.25) is 0 Å². The van der Waals surface area contributed by atoms with Crippen molar-refractivity contribution in [2.75, 3.05) is 0 Å². The Kier molecular flexibility index (Phi) is 2.83. The Morgan fingerprint density at radius 2 is 1.84 bits per heavy atom. The molecule has 4 rings (SSSR count). The van der Waals surface area contributed by atoms with Gasteiger partial charge in [-0.3, -0.25) is 4.79 Å². The molecule has 0 aromatic heterocycles. The van der Waals surface area contributed by atoms with Crippen LogP contribution in [-0.2, 0) is 4.79 Å². The standard InChI is InChI=1S/C18H28O/c1-18-9-2-3-17(18)16-6-4-12-11-13(19)5-7-14(12)15(16)8-10-18/h12,14-17H,2-11H2,1H3/t12-,14+,15+,16+,17+,18+/m0/s1. The molecule has 4 saturated carbocycles. The highest BCUT2D eigenvalue weighted by Crippen LogP contribution is 2.62. The van der Waals surface area contributed by atoms with E-state index in [1.54, 1.807) is 0 Å². The summed E-state index contributed by atoms with van der Waals surface area (Å²) in [6, 6.07) is 0. The summed E-state index contributed by atoms with van der Waals surface area (Å²) in [5, 5.41) is 0. The number of Topliss-reactive ketones (excluding diaryl/α,β-unsaturated/α-hetero) is 1. The van der Waals surface area contributed by atoms with E-state index in [-0.39, 0.29) is 0 Å². The highest BCUT2D eigenvalue weighted by atomic mass is 16.1. The molecule has 0 heterocycles. The zero-order chi connectivity index (χ0) is 13.0. The fourth-order valence-corrected chi connectivity index (χ4v) is 6.65. The highest BCUT2D eigenvalue weighted by Gasteiger charge is 2.53. The summed E-state index contributed by atoms with van der Waals surface area (Å²) in [6.45, 7) is 2.58. The number of rotatable bonds is 0. The second-order valence-corrected chi connectivity index (χ2v) is 8.30. The molecule has 0 radical (unpaired) electrons. The summed E-state index contributed by atoms with van der Waals surface area (Å²) in [4.78, 5) is 11.7. The molecule has 1 nitrogen and oxygen atoms in total. The predicted molar refractivity (Wildman–Crippen MR) is 76.7 cm³/mol. The molecule has 0 N–H and O–H groups in total. The molecular weight excluding hydrogens is 232 g/mol. The highest BCUT2D eigenvalue weighted by molar-refractivity contribution is 5.79. The lowest BCUT2D eigenvalue weighted by Crippen LogP contribution is -2.47. The Bertz CT molecular complexity index is 387. The Morgan fingerprint density at radius 1 is 0.947 bits per heavy atom. The lowest BCUT2D eigenvalue weighted by molar-refractivity contribution is -0.127. The molecule has 1 heteroatoms. The number of carbonyl (C=O) groups excluding carboxylic acids is 1. The van der Waals surface area contributed by atoms with Gasteiger partial charge in [-0.15, -0.1) is 0 Å². The van der Waals surface area contributed by atoms with Crippen LogP contribution in [0.4, 0.5) is 0 Å². The third-order valence-electron chi connectivity index (χ3n) is 7.55. The summed E-state index contributed by atoms with van der Waals surface area (Å²) in [7, 11) is 0. The van der Waals surface area contributed by atoms with E-state index >= 15 is 0 Å². The topological polar surface area (TPSA) is 17.1 Å². The molecule has 4 fully saturated rings. The Balaban J connectivity index is 1.58. The first kappa shape index (κ1) is 12.4. The maximum atomic E-state index is 11.7. The van der Waals surface area contributed by atoms with Gasteiger partial charge in [0.25, 0.3) is 0 Å². The SMILES string of the molecule is C[C@]12CCC[C@@H]1[C@@H]1CC[C@H]3CC(=O)CC[C@H]3[C@H]1CC2. The Morgan fingerprint density at radius 3 is 2.74 bits per heavy atom. The van der Waals surface area contributed by atoms with Gasteiger partial charge >= 0.3 is 0 Å². The number of hydrogen-bond donors (Lipinski definition) is 0. The van der Waals surface area contributed by atoms with Gasteiger partial charge in [-0.2, -0.15) is 0 Å². The van der Waals surface area contributed by atoms with Crippen molar-refractivity contribution in [2.24, 2.45) is 35.0 Å². The minimum atomic E-state index is 0.557. The summed E-state index contributed by atoms with van der Waals surface area (Å²) in [6.07, 6.45) is 13.3. The second kappa shape index (κ2) is 4.33. The van der Waals surface area contributed by atoms with E-state index in [0.29, 0.717) is 11.2 Å². The van der Waals surface area contributed by atoms with Crippen LogP contribution in [0.2, 0.25) is 0 Å². The van der Waals surface area contributed by atoms with Gasteiger partial charge < -0.3 is 0 Å². The van der Waals surface area contributed by atoms with E-state index < -0.39 is 0 Å². The fraction of sp³-hybridized carbons (Fsp3) is 0.944. The quantitative estimate of drug-likeness (QED) is 0.622. The molecule has 19 heavy (non-hydrogen) atoms. The van der Waals surface area contributed by atoms with Crippen LogP contribution in [0, 0.1) is 35.0 Å². The maximum absolute atomic E-state index is 11.7. The summed E-state index contributed by atoms with van der Waals surface area (Å²) in [5.74, 6) is 5.29. The molecule has 0 aromatic rings. The minimum Gasteiger partial charge on any atom is -0.300 e. The summed E-state index contributed by atoms with van der Waals surface area (Å²) >= 11 is 0. The average molecular weight is 260 g/mol. The van der Waals surface area contributed by atoms with E-state index in [4.69, 9.17) is 0 Å². The van der Waals surface area contributed by atoms with Gasteiger partial charge in [0, 0.05) is 12.8 Å². The molecule has 4 aliphatic carbocycles. The van der Waals surface area contributed by atoms with Crippen LogP contribution in [0.3, 0.4) is 0 Å². The lowest BCUT2D eigenvalue weighted by atomic mass is 9.51. The second-order valence-electron chi connectivity index (χ2n) is 8.30. The minimum absolute atomic E-state index is 0.557. The summed E-state index contributed by atoms with van der Waals surface area (Å²) in [5.41, 5.74) is 0.693. The van der Waals surface area contributed by atoms with Crippen molar-refractivity contribution in [2.45, 2.75) is 71.1 Å². The number of carbonyl (C=O) groups is 1. The fourth-order valence-electron chi connectivity index (χ4n) is 6.65.